The molecule has 0 aliphatic rings. The molecule has 0 bridgehead atoms. The van der Waals surface area contributed by atoms with Crippen molar-refractivity contribution in [2.75, 3.05) is 5.32 Å². The molecule has 0 aliphatic heterocycles. The first-order chi connectivity index (χ1) is 9.92. The Balaban J connectivity index is 2.58. The van der Waals surface area contributed by atoms with Gasteiger partial charge in [-0.15, -0.1) is 0 Å². The molecule has 0 spiro atoms. The zero-order chi connectivity index (χ0) is 15.8. The number of carbonyl (C=O) groups excluding carboxylic acids is 1. The maximum absolute atomic E-state index is 11.6. The van der Waals surface area contributed by atoms with Crippen molar-refractivity contribution in [1.29, 1.82) is 5.26 Å². The van der Waals surface area contributed by atoms with E-state index < -0.39 is 24.0 Å². The summed E-state index contributed by atoms with van der Waals surface area (Å²) in [6, 6.07) is 5.83. The van der Waals surface area contributed by atoms with Crippen LogP contribution < -0.4 is 10.6 Å². The van der Waals surface area contributed by atoms with Crippen LogP contribution in [0.15, 0.2) is 24.3 Å². The Morgan fingerprint density at radius 1 is 1.19 bits per heavy atom. The number of anilines is 1. The molecule has 1 aromatic carbocycles. The molecule has 110 valence electrons. The molecule has 1 rings (SSSR count). The zero-order valence-corrected chi connectivity index (χ0v) is 10.9. The lowest BCUT2D eigenvalue weighted by Crippen LogP contribution is -2.43. The lowest BCUT2D eigenvalue weighted by molar-refractivity contribution is -0.140. The van der Waals surface area contributed by atoms with E-state index in [-0.39, 0.29) is 12.8 Å². The van der Waals surface area contributed by atoms with Crippen molar-refractivity contribution in [2.24, 2.45) is 0 Å². The van der Waals surface area contributed by atoms with Gasteiger partial charge in [-0.2, -0.15) is 5.26 Å². The Morgan fingerprint density at radius 3 is 2.29 bits per heavy atom. The van der Waals surface area contributed by atoms with Crippen molar-refractivity contribution < 1.29 is 24.6 Å². The Hall–Kier alpha value is -3.08. The van der Waals surface area contributed by atoms with Gasteiger partial charge < -0.3 is 20.8 Å². The highest BCUT2D eigenvalue weighted by Crippen LogP contribution is 2.08. The van der Waals surface area contributed by atoms with Crippen molar-refractivity contribution in [3.8, 4) is 6.07 Å². The maximum atomic E-state index is 11.6. The van der Waals surface area contributed by atoms with Crippen LogP contribution in [0, 0.1) is 11.3 Å². The summed E-state index contributed by atoms with van der Waals surface area (Å²) < 4.78 is 0. The first kappa shape index (κ1) is 16.0. The Bertz CT molecular complexity index is 576. The number of nitrogens with one attached hydrogen (secondary N) is 2. The van der Waals surface area contributed by atoms with E-state index in [2.05, 4.69) is 10.6 Å². The molecule has 8 heteroatoms. The van der Waals surface area contributed by atoms with Crippen molar-refractivity contribution in [2.45, 2.75) is 18.9 Å². The van der Waals surface area contributed by atoms with E-state index in [0.717, 1.165) is 0 Å². The lowest BCUT2D eigenvalue weighted by atomic mass is 10.1. The van der Waals surface area contributed by atoms with E-state index in [1.807, 2.05) is 6.07 Å². The second kappa shape index (κ2) is 7.49. The fraction of sp³-hybridized carbons (Fsp3) is 0.231. The van der Waals surface area contributed by atoms with Crippen molar-refractivity contribution >= 4 is 23.7 Å². The van der Waals surface area contributed by atoms with Gasteiger partial charge in [-0.3, -0.25) is 4.79 Å². The highest BCUT2D eigenvalue weighted by atomic mass is 16.4. The van der Waals surface area contributed by atoms with Gasteiger partial charge in [0.15, 0.2) is 0 Å². The summed E-state index contributed by atoms with van der Waals surface area (Å²) in [6.45, 7) is 0. The number of amides is 2. The monoisotopic (exact) mass is 291 g/mol. The van der Waals surface area contributed by atoms with Gasteiger partial charge in [0.1, 0.15) is 6.04 Å². The summed E-state index contributed by atoms with van der Waals surface area (Å²) in [5.41, 5.74) is 0.805. The molecule has 0 aromatic heterocycles. The number of rotatable bonds is 6. The van der Waals surface area contributed by atoms with Crippen LogP contribution in [0.25, 0.3) is 0 Å². The molecule has 0 heterocycles. The van der Waals surface area contributed by atoms with Gasteiger partial charge in [-0.05, 0) is 30.7 Å². The third-order valence-corrected chi connectivity index (χ3v) is 2.52. The first-order valence-electron chi connectivity index (χ1n) is 5.94. The van der Waals surface area contributed by atoms with Crippen LogP contribution in [0.5, 0.6) is 0 Å². The van der Waals surface area contributed by atoms with Gasteiger partial charge in [0, 0.05) is 12.1 Å². The van der Waals surface area contributed by atoms with E-state index in [4.69, 9.17) is 15.5 Å². The van der Waals surface area contributed by atoms with Crippen molar-refractivity contribution in [3.63, 3.8) is 0 Å². The zero-order valence-electron chi connectivity index (χ0n) is 10.9. The molecule has 0 radical (unpaired) electrons. The average molecular weight is 291 g/mol. The van der Waals surface area contributed by atoms with Gasteiger partial charge in [0.2, 0.25) is 0 Å². The summed E-state index contributed by atoms with van der Waals surface area (Å²) in [6.07, 6.45) is -0.584. The topological polar surface area (TPSA) is 140 Å². The minimum atomic E-state index is -1.31. The smallest absolute Gasteiger partial charge is 0.326 e. The quantitative estimate of drug-likeness (QED) is 0.616. The lowest BCUT2D eigenvalue weighted by Gasteiger charge is -2.14. The summed E-state index contributed by atoms with van der Waals surface area (Å²) in [5, 5.41) is 30.6. The molecule has 0 saturated carbocycles. The normalized spacial score (nSPS) is 11.0. The highest BCUT2D eigenvalue weighted by molar-refractivity contribution is 5.92. The number of carbonyl (C=O) groups is 3. The predicted molar refractivity (Wildman–Crippen MR) is 71.6 cm³/mol. The summed E-state index contributed by atoms with van der Waals surface area (Å²) in [4.78, 5) is 33.0. The number of nitrogens with zero attached hydrogens (tertiary/aromatic N) is 1. The minimum absolute atomic E-state index is 0.217. The fourth-order valence-electron chi connectivity index (χ4n) is 1.48. The van der Waals surface area contributed by atoms with Crippen LogP contribution in [0.2, 0.25) is 0 Å². The van der Waals surface area contributed by atoms with Crippen molar-refractivity contribution in [1.82, 2.24) is 5.32 Å². The molecule has 0 fully saturated rings. The average Bonchev–Trinajstić information content (AvgIpc) is 2.43. The SMILES string of the molecule is N#Cc1ccc(NC(=O)NC(CCC(=O)O)C(=O)O)cc1. The molecule has 0 aliphatic carbocycles. The molecule has 1 aromatic rings. The number of carboxylic acid groups (broad SMARTS) is 2. The third kappa shape index (κ3) is 5.61. The number of hydrogen-bond donors (Lipinski definition) is 4. The van der Waals surface area contributed by atoms with Crippen LogP contribution >= 0.6 is 0 Å². The van der Waals surface area contributed by atoms with Crippen LogP contribution in [0.3, 0.4) is 0 Å². The molecule has 4 N–H and O–H groups in total. The number of aliphatic carboxylic acids is 2. The minimum Gasteiger partial charge on any atom is -0.481 e. The molecule has 1 atom stereocenters. The third-order valence-electron chi connectivity index (χ3n) is 2.52. The molecule has 2 amide bonds. The molecule has 1 unspecified atom stereocenters. The largest absolute Gasteiger partial charge is 0.481 e. The van der Waals surface area contributed by atoms with Gasteiger partial charge in [0.05, 0.1) is 11.6 Å². The van der Waals surface area contributed by atoms with Crippen molar-refractivity contribution in [3.05, 3.63) is 29.8 Å². The molecule has 0 saturated heterocycles. The fourth-order valence-corrected chi connectivity index (χ4v) is 1.48. The number of urea groups is 1. The van der Waals surface area contributed by atoms with E-state index in [9.17, 15) is 14.4 Å². The maximum Gasteiger partial charge on any atom is 0.326 e. The van der Waals surface area contributed by atoms with Gasteiger partial charge in [0.25, 0.3) is 0 Å². The molecule has 8 nitrogen and oxygen atoms in total. The number of hydrogen-bond acceptors (Lipinski definition) is 4. The highest BCUT2D eigenvalue weighted by Gasteiger charge is 2.20. The molecular weight excluding hydrogens is 278 g/mol. The van der Waals surface area contributed by atoms with Crippen LogP contribution in [-0.4, -0.2) is 34.2 Å². The van der Waals surface area contributed by atoms with Gasteiger partial charge >= 0.3 is 18.0 Å². The first-order valence-corrected chi connectivity index (χ1v) is 5.94. The number of benzene rings is 1. The van der Waals surface area contributed by atoms with E-state index in [0.29, 0.717) is 11.3 Å². The van der Waals surface area contributed by atoms with Crippen LogP contribution in [0.1, 0.15) is 18.4 Å². The Labute approximate surface area is 120 Å². The van der Waals surface area contributed by atoms with Crippen LogP contribution in [0.4, 0.5) is 10.5 Å². The van der Waals surface area contributed by atoms with Gasteiger partial charge in [-0.1, -0.05) is 0 Å². The standard InChI is InChI=1S/C13H13N3O5/c14-7-8-1-3-9(4-2-8)15-13(21)16-10(12(19)20)5-6-11(17)18/h1-4,10H,5-6H2,(H,17,18)(H,19,20)(H2,15,16,21). The van der Waals surface area contributed by atoms with E-state index in [1.165, 1.54) is 24.3 Å². The Morgan fingerprint density at radius 2 is 1.81 bits per heavy atom. The summed E-state index contributed by atoms with van der Waals surface area (Å²) in [5.74, 6) is -2.46. The second-order valence-corrected chi connectivity index (χ2v) is 4.11. The Kier molecular flexibility index (Phi) is 5.70. The van der Waals surface area contributed by atoms with E-state index in [1.54, 1.807) is 0 Å². The molecular formula is C13H13N3O5. The van der Waals surface area contributed by atoms with Crippen LogP contribution in [-0.2, 0) is 9.59 Å². The summed E-state index contributed by atoms with van der Waals surface area (Å²) in [7, 11) is 0. The summed E-state index contributed by atoms with van der Waals surface area (Å²) >= 11 is 0. The second-order valence-electron chi connectivity index (χ2n) is 4.11. The number of carboxylic acids is 2. The van der Waals surface area contributed by atoms with Gasteiger partial charge in [-0.25, -0.2) is 9.59 Å². The number of nitriles is 1. The predicted octanol–water partition coefficient (Wildman–Crippen LogP) is 0.998. The molecule has 21 heavy (non-hydrogen) atoms. The van der Waals surface area contributed by atoms with E-state index >= 15 is 0 Å².